The molecular weight excluding hydrogens is 1600 g/mol. The number of carbonyl (C=O) groups is 5. The van der Waals surface area contributed by atoms with E-state index in [0.29, 0.717) is 38.5 Å². The van der Waals surface area contributed by atoms with Gasteiger partial charge >= 0.3 is 0 Å². The van der Waals surface area contributed by atoms with Crippen molar-refractivity contribution < 1.29 is 28.7 Å². The third-order valence-electron chi connectivity index (χ3n) is 23.7. The van der Waals surface area contributed by atoms with Crippen LogP contribution in [-0.2, 0) is 69.4 Å². The Hall–Kier alpha value is -11.8. The van der Waals surface area contributed by atoms with Crippen molar-refractivity contribution in [2.45, 2.75) is 157 Å². The zero-order chi connectivity index (χ0) is 83.1. The molecule has 15 aromatic rings. The molecule has 5 aliphatic carbocycles. The van der Waals surface area contributed by atoms with Crippen molar-refractivity contribution in [2.24, 2.45) is 35.2 Å². The Morgan fingerprint density at radius 2 is 0.714 bits per heavy atom. The monoisotopic (exact) mass is 1700 g/mol. The highest BCUT2D eigenvalue weighted by Gasteiger charge is 2.49. The molecule has 0 spiro atoms. The van der Waals surface area contributed by atoms with Gasteiger partial charge in [-0.2, -0.15) is 15.3 Å². The molecule has 10 N–H and O–H groups in total. The number of benzene rings is 5. The first-order valence-electron chi connectivity index (χ1n) is 40.8. The van der Waals surface area contributed by atoms with Crippen LogP contribution in [0.1, 0.15) is 203 Å². The molecule has 0 atom stereocenters. The molecule has 20 rings (SSSR count). The van der Waals surface area contributed by atoms with Crippen molar-refractivity contribution in [2.75, 3.05) is 0 Å². The topological polar surface area (TPSA) is 297 Å². The normalized spacial score (nSPS) is 16.1. The van der Waals surface area contributed by atoms with Crippen molar-refractivity contribution in [3.05, 3.63) is 272 Å². The van der Waals surface area contributed by atoms with E-state index in [9.17, 15) is 24.0 Å². The molecule has 24 nitrogen and oxygen atoms in total. The fraction of sp³-hybridized carbons (Fsp3) is 0.326. The highest BCUT2D eigenvalue weighted by atomic mass is 79.9. The number of aryl methyl sites for hydroxylation is 6. The molecule has 0 aliphatic heterocycles. The van der Waals surface area contributed by atoms with Crippen LogP contribution < -0.4 is 31.3 Å². The molecule has 10 aromatic heterocycles. The molecule has 10 heterocycles. The summed E-state index contributed by atoms with van der Waals surface area (Å²) in [6.45, 7) is 6.12. The van der Waals surface area contributed by atoms with Gasteiger partial charge in [0, 0.05) is 164 Å². The summed E-state index contributed by atoms with van der Waals surface area (Å²) in [7, 11) is 9.69. The standard InChI is InChI=1S/C20H22ClN3O.C19H20ClN3O.C19H22N4O2.C18H20N4O.C16H15BrN4O/c1-24-10-7-15(13-24)20(8-3-2-4-9-20)23-19(25)18-12-14-11-16(21)5-6-17(14)22-18;1-23-9-6-14(12-23)19(7-2-3-8-19)22-18(24)17-11-13-10-15(20)4-5-16(13)21-17;1-12(2)25-15-4-5-16-13(8-15)9-17(21-16)18(24)22-19(6-7-19)14-10-20-23(3)11-14;1-3-12-4-5-15-13(8-12)9-16(20-15)17(23)21-18(6-7-18)14-10-19-22(2)11-14;1-21-9-11(8-18-21)16(4-5-16)20-15(22)14-7-10-6-12(17)2-3-13(10)19-14/h5-7,10-13,22H,2-4,8-9H2,1H3,(H,23,25);4-6,9-12,21H,2-3,7-8H2,1H3,(H,22,24);4-5,8-12,21H,6-7H2,1-3H3,(H,22,24);4-5,8-11,20H,3,6-7H2,1-2H3,(H,21,23);2-3,6-9,19H,4-5H2,1H3,(H,20,22). The van der Waals surface area contributed by atoms with Crippen LogP contribution in [-0.4, -0.2) is 99.0 Å². The Kier molecular flexibility index (Phi) is 22.6. The Labute approximate surface area is 707 Å². The van der Waals surface area contributed by atoms with Gasteiger partial charge in [0.2, 0.25) is 0 Å². The predicted molar refractivity (Wildman–Crippen MR) is 470 cm³/mol. The second-order valence-electron chi connectivity index (χ2n) is 33.1. The van der Waals surface area contributed by atoms with Gasteiger partial charge in [0.05, 0.1) is 52.4 Å². The van der Waals surface area contributed by atoms with Gasteiger partial charge in [-0.3, -0.25) is 38.0 Å². The largest absolute Gasteiger partial charge is 0.491 e. The number of aromatic amines is 5. The lowest BCUT2D eigenvalue weighted by Gasteiger charge is -2.37. The van der Waals surface area contributed by atoms with Crippen molar-refractivity contribution in [1.82, 2.24) is 90.0 Å². The number of hydrogen-bond donors (Lipinski definition) is 10. The third-order valence-corrected chi connectivity index (χ3v) is 24.7. The fourth-order valence-corrected chi connectivity index (χ4v) is 17.5. The Bertz CT molecular complexity index is 6270. The van der Waals surface area contributed by atoms with E-state index in [1.807, 2.05) is 217 Å². The summed E-state index contributed by atoms with van der Waals surface area (Å²) in [4.78, 5) is 79.7. The van der Waals surface area contributed by atoms with E-state index >= 15 is 0 Å². The van der Waals surface area contributed by atoms with E-state index in [1.165, 1.54) is 23.1 Å². The zero-order valence-electron chi connectivity index (χ0n) is 68.0. The summed E-state index contributed by atoms with van der Waals surface area (Å²) < 4.78 is 16.1. The van der Waals surface area contributed by atoms with E-state index in [-0.39, 0.29) is 63.3 Å². The van der Waals surface area contributed by atoms with E-state index < -0.39 is 0 Å². The van der Waals surface area contributed by atoms with Crippen LogP contribution in [0, 0.1) is 0 Å². The van der Waals surface area contributed by atoms with E-state index in [1.54, 1.807) is 14.0 Å². The number of ether oxygens (including phenoxy) is 1. The number of hydrogen-bond acceptors (Lipinski definition) is 9. The van der Waals surface area contributed by atoms with Gasteiger partial charge in [-0.25, -0.2) is 0 Å². The number of amides is 5. The maximum Gasteiger partial charge on any atom is 0.268 e. The summed E-state index contributed by atoms with van der Waals surface area (Å²) in [5.74, 6) is 0.465. The van der Waals surface area contributed by atoms with Gasteiger partial charge in [0.1, 0.15) is 34.2 Å². The molecule has 0 saturated heterocycles. The summed E-state index contributed by atoms with van der Waals surface area (Å²) in [5.41, 5.74) is 13.2. The van der Waals surface area contributed by atoms with Gasteiger partial charge in [0.15, 0.2) is 0 Å². The van der Waals surface area contributed by atoms with Gasteiger partial charge in [-0.1, -0.05) is 84.2 Å². The minimum absolute atomic E-state index is 0.0550. The summed E-state index contributed by atoms with van der Waals surface area (Å²) in [6, 6.07) is 42.9. The number of fused-ring (bicyclic) bond motifs is 5. The second-order valence-corrected chi connectivity index (χ2v) is 34.9. The maximum atomic E-state index is 13.0. The van der Waals surface area contributed by atoms with E-state index in [0.717, 1.165) is 178 Å². The number of rotatable bonds is 18. The van der Waals surface area contributed by atoms with E-state index in [2.05, 4.69) is 126 Å². The first kappa shape index (κ1) is 81.0. The smallest absolute Gasteiger partial charge is 0.268 e. The minimum Gasteiger partial charge on any atom is -0.491 e. The average Bonchev–Trinajstić information content (AvgIpc) is 1.61. The minimum atomic E-state index is -0.272. The molecule has 27 heteroatoms. The SMILES string of the molecule is CC(C)Oc1ccc2[nH]c(C(=O)NC3(c4cnn(C)c4)CC3)cc2c1.CCc1ccc2[nH]c(C(=O)NC3(c4cnn(C)c4)CC3)cc2c1.Cn1cc(C2(NC(=O)c3cc4cc(Br)ccc4[nH]3)CC2)cn1.Cn1ccc(C2(NC(=O)c3cc4cc(Cl)ccc4[nH]3)CCCC2)c1.Cn1ccc(C2(NC(=O)c3cc4cc(Cl)ccc4[nH]3)CCCCC2)c1. The van der Waals surface area contributed by atoms with Crippen LogP contribution in [0.15, 0.2) is 200 Å². The lowest BCUT2D eigenvalue weighted by atomic mass is 9.77. The van der Waals surface area contributed by atoms with Crippen LogP contribution in [0.2, 0.25) is 10.0 Å². The van der Waals surface area contributed by atoms with Crippen molar-refractivity contribution in [3.63, 3.8) is 0 Å². The molecule has 5 aliphatic rings. The highest BCUT2D eigenvalue weighted by molar-refractivity contribution is 9.10. The molecule has 5 aromatic carbocycles. The molecular formula is C92H99BrCl2N18O6. The molecule has 0 unspecified atom stereocenters. The van der Waals surface area contributed by atoms with Gasteiger partial charge < -0.3 is 65.4 Å². The van der Waals surface area contributed by atoms with Crippen LogP contribution >= 0.6 is 39.1 Å². The van der Waals surface area contributed by atoms with Gasteiger partial charge in [-0.05, 0) is 229 Å². The summed E-state index contributed by atoms with van der Waals surface area (Å²) in [5, 5.41) is 35.1. The quantitative estimate of drug-likeness (QED) is 0.0390. The number of aromatic nitrogens is 13. The van der Waals surface area contributed by atoms with Crippen LogP contribution in [0.3, 0.4) is 0 Å². The summed E-state index contributed by atoms with van der Waals surface area (Å²) >= 11 is 15.5. The molecule has 5 amide bonds. The number of nitrogens with zero attached hydrogens (tertiary/aromatic N) is 8. The first-order chi connectivity index (χ1) is 57.2. The lowest BCUT2D eigenvalue weighted by molar-refractivity contribution is 0.0858. The second kappa shape index (κ2) is 33.2. The van der Waals surface area contributed by atoms with Gasteiger partial charge in [0.25, 0.3) is 29.5 Å². The predicted octanol–water partition coefficient (Wildman–Crippen LogP) is 18.2. The molecule has 119 heavy (non-hydrogen) atoms. The number of H-pyrrole nitrogens is 5. The first-order valence-corrected chi connectivity index (χ1v) is 42.4. The molecule has 5 saturated carbocycles. The van der Waals surface area contributed by atoms with E-state index in [4.69, 9.17) is 27.9 Å². The molecule has 614 valence electrons. The average molecular weight is 1700 g/mol. The lowest BCUT2D eigenvalue weighted by Crippen LogP contribution is -2.47. The van der Waals surface area contributed by atoms with Crippen molar-refractivity contribution in [3.8, 4) is 5.75 Å². The Morgan fingerprint density at radius 3 is 1.04 bits per heavy atom. The summed E-state index contributed by atoms with van der Waals surface area (Å²) in [6.07, 6.45) is 36.2. The Balaban J connectivity index is 0.000000111. The fourth-order valence-electron chi connectivity index (χ4n) is 16.7. The highest BCUT2D eigenvalue weighted by Crippen LogP contribution is 2.48. The zero-order valence-corrected chi connectivity index (χ0v) is 71.1. The van der Waals surface area contributed by atoms with Crippen LogP contribution in [0.25, 0.3) is 54.5 Å². The van der Waals surface area contributed by atoms with Crippen molar-refractivity contribution >= 4 is 123 Å². The number of nitrogens with one attached hydrogen (secondary N) is 10. The maximum absolute atomic E-state index is 13.0. The number of halogens is 3. The third kappa shape index (κ3) is 18.0. The van der Waals surface area contributed by atoms with Crippen molar-refractivity contribution in [1.29, 1.82) is 0 Å². The molecule has 5 fully saturated rings. The van der Waals surface area contributed by atoms with Gasteiger partial charge in [-0.15, -0.1) is 0 Å². The van der Waals surface area contributed by atoms with Crippen LogP contribution in [0.5, 0.6) is 5.75 Å². The number of carbonyl (C=O) groups excluding carboxylic acids is 5. The molecule has 0 radical (unpaired) electrons. The Morgan fingerprint density at radius 1 is 0.395 bits per heavy atom. The molecule has 0 bridgehead atoms. The van der Waals surface area contributed by atoms with Crippen LogP contribution in [0.4, 0.5) is 0 Å².